The lowest BCUT2D eigenvalue weighted by molar-refractivity contribution is 0.0600. The first-order chi connectivity index (χ1) is 8.79. The van der Waals surface area contributed by atoms with Crippen LogP contribution in [-0.4, -0.2) is 50.7 Å². The van der Waals surface area contributed by atoms with Crippen molar-refractivity contribution in [3.63, 3.8) is 0 Å². The van der Waals surface area contributed by atoms with Gasteiger partial charge in [-0.2, -0.15) is 0 Å². The Hall–Kier alpha value is -1.56. The molecule has 7 heteroatoms. The Labute approximate surface area is 117 Å². The summed E-state index contributed by atoms with van der Waals surface area (Å²) >= 11 is 5.79. The normalized spacial score (nSPS) is 16.1. The molecule has 1 aromatic heterocycles. The quantitative estimate of drug-likeness (QED) is 0.900. The maximum Gasteiger partial charge on any atom is 0.408 e. The third-order valence-corrected chi connectivity index (χ3v) is 3.25. The maximum atomic E-state index is 11.3. The van der Waals surface area contributed by atoms with Crippen molar-refractivity contribution < 1.29 is 9.90 Å². The molecule has 2 rings (SSSR count). The average molecular weight is 285 g/mol. The number of halogens is 1. The van der Waals surface area contributed by atoms with E-state index in [0.717, 1.165) is 0 Å². The van der Waals surface area contributed by atoms with Gasteiger partial charge in [-0.1, -0.05) is 11.6 Å². The van der Waals surface area contributed by atoms with E-state index in [2.05, 4.69) is 9.97 Å². The highest BCUT2D eigenvalue weighted by Gasteiger charge is 2.40. The second kappa shape index (κ2) is 4.85. The number of nitrogens with zero attached hydrogens (tertiary/aromatic N) is 4. The Morgan fingerprint density at radius 3 is 2.58 bits per heavy atom. The molecule has 1 aromatic rings. The topological polar surface area (TPSA) is 69.6 Å². The van der Waals surface area contributed by atoms with Crippen LogP contribution in [-0.2, 0) is 0 Å². The fraction of sp³-hybridized carbons (Fsp3) is 0.583. The first-order valence-corrected chi connectivity index (χ1v) is 6.41. The molecule has 1 aliphatic rings. The number of hydrogen-bond acceptors (Lipinski definition) is 4. The van der Waals surface area contributed by atoms with Crippen LogP contribution in [0, 0.1) is 0 Å². The maximum absolute atomic E-state index is 11.3. The standard InChI is InChI=1S/C12H17ClN4O2/c1-12(2,3)17(11(18)19)8-6-16(7-8)10-5-14-4-9(13)15-10/h4-5,8H,6-7H2,1-3H3,(H,18,19). The number of rotatable bonds is 2. The number of anilines is 1. The number of hydrogen-bond donors (Lipinski definition) is 1. The lowest BCUT2D eigenvalue weighted by Crippen LogP contribution is -2.65. The average Bonchev–Trinajstić information content (AvgIpc) is 2.19. The molecule has 0 spiro atoms. The Kier molecular flexibility index (Phi) is 3.54. The molecular formula is C12H17ClN4O2. The van der Waals surface area contributed by atoms with Gasteiger partial charge in [-0.25, -0.2) is 9.78 Å². The highest BCUT2D eigenvalue weighted by molar-refractivity contribution is 6.29. The van der Waals surface area contributed by atoms with Crippen molar-refractivity contribution in [2.45, 2.75) is 32.4 Å². The van der Waals surface area contributed by atoms with Gasteiger partial charge in [-0.3, -0.25) is 9.88 Å². The van der Waals surface area contributed by atoms with Crippen LogP contribution in [0.2, 0.25) is 5.15 Å². The molecule has 2 heterocycles. The monoisotopic (exact) mass is 284 g/mol. The van der Waals surface area contributed by atoms with Gasteiger partial charge < -0.3 is 10.0 Å². The van der Waals surface area contributed by atoms with E-state index in [1.165, 1.54) is 11.1 Å². The van der Waals surface area contributed by atoms with Gasteiger partial charge >= 0.3 is 6.09 Å². The summed E-state index contributed by atoms with van der Waals surface area (Å²) in [5.41, 5.74) is -0.414. The Bertz CT molecular complexity index is 483. The lowest BCUT2D eigenvalue weighted by atomic mass is 9.99. The highest BCUT2D eigenvalue weighted by atomic mass is 35.5. The molecule has 1 amide bonds. The summed E-state index contributed by atoms with van der Waals surface area (Å²) < 4.78 is 0. The Balaban J connectivity index is 2.04. The predicted octanol–water partition coefficient (Wildman–Crippen LogP) is 2.10. The minimum Gasteiger partial charge on any atom is -0.465 e. The molecule has 0 bridgehead atoms. The van der Waals surface area contributed by atoms with Crippen LogP contribution in [0.1, 0.15) is 20.8 Å². The number of carboxylic acid groups (broad SMARTS) is 1. The van der Waals surface area contributed by atoms with E-state index < -0.39 is 11.6 Å². The van der Waals surface area contributed by atoms with Gasteiger partial charge in [0.05, 0.1) is 18.4 Å². The summed E-state index contributed by atoms with van der Waals surface area (Å²) in [6, 6.07) is -0.0294. The van der Waals surface area contributed by atoms with E-state index in [0.29, 0.717) is 24.1 Å². The van der Waals surface area contributed by atoms with E-state index in [9.17, 15) is 9.90 Å². The van der Waals surface area contributed by atoms with Gasteiger partial charge in [0.25, 0.3) is 0 Å². The van der Waals surface area contributed by atoms with Gasteiger partial charge in [0.1, 0.15) is 11.0 Å². The van der Waals surface area contributed by atoms with E-state index >= 15 is 0 Å². The number of aromatic nitrogens is 2. The summed E-state index contributed by atoms with van der Waals surface area (Å²) in [7, 11) is 0. The molecule has 0 aromatic carbocycles. The molecule has 1 N–H and O–H groups in total. The van der Waals surface area contributed by atoms with Crippen LogP contribution in [0.4, 0.5) is 10.6 Å². The predicted molar refractivity (Wildman–Crippen MR) is 72.7 cm³/mol. The van der Waals surface area contributed by atoms with Crippen molar-refractivity contribution in [2.24, 2.45) is 0 Å². The molecule has 0 radical (unpaired) electrons. The van der Waals surface area contributed by atoms with E-state index in [1.54, 1.807) is 6.20 Å². The van der Waals surface area contributed by atoms with Crippen LogP contribution in [0.3, 0.4) is 0 Å². The molecule has 104 valence electrons. The van der Waals surface area contributed by atoms with Gasteiger partial charge in [-0.15, -0.1) is 0 Å². The SMILES string of the molecule is CC(C)(C)N(C(=O)O)C1CN(c2cncc(Cl)n2)C1. The lowest BCUT2D eigenvalue weighted by Gasteiger charge is -2.49. The largest absolute Gasteiger partial charge is 0.465 e. The second-order valence-corrected chi connectivity index (χ2v) is 5.97. The molecule has 1 fully saturated rings. The van der Waals surface area contributed by atoms with Crippen LogP contribution in [0.5, 0.6) is 0 Å². The molecule has 0 saturated carbocycles. The summed E-state index contributed by atoms with van der Waals surface area (Å²) in [5, 5.41) is 9.64. The van der Waals surface area contributed by atoms with Crippen LogP contribution in [0.25, 0.3) is 0 Å². The molecule has 19 heavy (non-hydrogen) atoms. The fourth-order valence-corrected chi connectivity index (χ4v) is 2.42. The molecule has 1 saturated heterocycles. The minimum atomic E-state index is -0.894. The first-order valence-electron chi connectivity index (χ1n) is 6.04. The molecule has 0 unspecified atom stereocenters. The summed E-state index contributed by atoms with van der Waals surface area (Å²) in [5.74, 6) is 0.683. The summed E-state index contributed by atoms with van der Waals surface area (Å²) in [4.78, 5) is 22.9. The number of carbonyl (C=O) groups is 1. The first kappa shape index (κ1) is 13.9. The smallest absolute Gasteiger partial charge is 0.408 e. The summed E-state index contributed by atoms with van der Waals surface area (Å²) in [6.07, 6.45) is 2.21. The molecule has 6 nitrogen and oxygen atoms in total. The highest BCUT2D eigenvalue weighted by Crippen LogP contribution is 2.27. The zero-order chi connectivity index (χ0) is 14.2. The van der Waals surface area contributed by atoms with Crippen molar-refractivity contribution in [1.29, 1.82) is 0 Å². The van der Waals surface area contributed by atoms with Crippen LogP contribution >= 0.6 is 11.6 Å². The van der Waals surface area contributed by atoms with Crippen molar-refractivity contribution >= 4 is 23.5 Å². The van der Waals surface area contributed by atoms with Crippen LogP contribution in [0.15, 0.2) is 12.4 Å². The number of amides is 1. The van der Waals surface area contributed by atoms with Crippen molar-refractivity contribution in [1.82, 2.24) is 14.9 Å². The zero-order valence-electron chi connectivity index (χ0n) is 11.2. The van der Waals surface area contributed by atoms with Gasteiger partial charge in [0.15, 0.2) is 0 Å². The van der Waals surface area contributed by atoms with Gasteiger partial charge in [-0.05, 0) is 20.8 Å². The Morgan fingerprint density at radius 1 is 1.47 bits per heavy atom. The third-order valence-electron chi connectivity index (χ3n) is 3.07. The minimum absolute atomic E-state index is 0.0294. The van der Waals surface area contributed by atoms with E-state index in [4.69, 9.17) is 11.6 Å². The molecule has 0 atom stereocenters. The third kappa shape index (κ3) is 2.89. The fourth-order valence-electron chi connectivity index (χ4n) is 2.28. The van der Waals surface area contributed by atoms with E-state index in [-0.39, 0.29) is 6.04 Å². The Morgan fingerprint density at radius 2 is 2.11 bits per heavy atom. The molecule has 1 aliphatic heterocycles. The molecule has 0 aliphatic carbocycles. The zero-order valence-corrected chi connectivity index (χ0v) is 11.9. The van der Waals surface area contributed by atoms with Crippen LogP contribution < -0.4 is 4.90 Å². The summed E-state index contributed by atoms with van der Waals surface area (Å²) in [6.45, 7) is 6.89. The van der Waals surface area contributed by atoms with Gasteiger partial charge in [0, 0.05) is 18.6 Å². The van der Waals surface area contributed by atoms with Crippen molar-refractivity contribution in [3.05, 3.63) is 17.5 Å². The van der Waals surface area contributed by atoms with Crippen molar-refractivity contribution in [3.8, 4) is 0 Å². The molecular weight excluding hydrogens is 268 g/mol. The van der Waals surface area contributed by atoms with Gasteiger partial charge in [0.2, 0.25) is 0 Å². The van der Waals surface area contributed by atoms with E-state index in [1.807, 2.05) is 25.7 Å². The van der Waals surface area contributed by atoms with Crippen molar-refractivity contribution in [2.75, 3.05) is 18.0 Å². The second-order valence-electron chi connectivity index (χ2n) is 5.58.